The summed E-state index contributed by atoms with van der Waals surface area (Å²) in [5, 5.41) is 32.9. The molecule has 4 aromatic rings. The molecule has 0 unspecified atom stereocenters. The molecule has 0 radical (unpaired) electrons. The van der Waals surface area contributed by atoms with E-state index in [1.54, 1.807) is 66.7 Å². The van der Waals surface area contributed by atoms with Gasteiger partial charge in [0.2, 0.25) is 5.91 Å². The Morgan fingerprint density at radius 3 is 2.00 bits per heavy atom. The van der Waals surface area contributed by atoms with Gasteiger partial charge in [0.15, 0.2) is 5.82 Å². The predicted octanol–water partition coefficient (Wildman–Crippen LogP) is 5.07. The molecule has 11 N–H and O–H groups in total. The van der Waals surface area contributed by atoms with E-state index in [4.69, 9.17) is 36.7 Å². The van der Waals surface area contributed by atoms with Crippen molar-refractivity contribution in [2.24, 2.45) is 5.73 Å². The summed E-state index contributed by atoms with van der Waals surface area (Å²) in [5.74, 6) is -3.10. The van der Waals surface area contributed by atoms with Gasteiger partial charge >= 0.3 is 24.9 Å². The molecular weight excluding hydrogens is 760 g/mol. The molecule has 0 atom stereocenters. The summed E-state index contributed by atoms with van der Waals surface area (Å²) in [7, 11) is 0. The molecule has 0 fully saturated rings. The first-order valence-corrected chi connectivity index (χ1v) is 15.6. The second kappa shape index (κ2) is 22.8. The van der Waals surface area contributed by atoms with Gasteiger partial charge in [0.1, 0.15) is 12.4 Å². The molecule has 0 aliphatic rings. The van der Waals surface area contributed by atoms with Crippen LogP contribution in [0, 0.1) is 5.41 Å². The van der Waals surface area contributed by atoms with Gasteiger partial charge in [-0.15, -0.1) is 0 Å². The molecule has 16 nitrogen and oxygen atoms in total. The molecular formula is C34H37F6N9O7. The Kier molecular flexibility index (Phi) is 19.1. The van der Waals surface area contributed by atoms with Gasteiger partial charge in [0.05, 0.1) is 11.9 Å². The maximum Gasteiger partial charge on any atom is 0.490 e. The van der Waals surface area contributed by atoms with Gasteiger partial charge in [-0.05, 0) is 49.7 Å². The average molecular weight is 798 g/mol. The number of amides is 3. The number of para-hydroxylation sites is 1. The number of nitrogen functional groups attached to an aromatic ring is 2. The number of nitrogens with zero attached hydrogens (tertiary/aromatic N) is 2. The van der Waals surface area contributed by atoms with Crippen molar-refractivity contribution in [2.45, 2.75) is 45.8 Å². The normalized spacial score (nSPS) is 10.2. The molecule has 22 heteroatoms. The summed E-state index contributed by atoms with van der Waals surface area (Å²) in [4.78, 5) is 60.7. The van der Waals surface area contributed by atoms with Crippen LogP contribution in [0.25, 0.3) is 11.3 Å². The van der Waals surface area contributed by atoms with Gasteiger partial charge in [-0.25, -0.2) is 14.6 Å². The highest BCUT2D eigenvalue weighted by molar-refractivity contribution is 6.00. The first-order chi connectivity index (χ1) is 26.2. The zero-order valence-corrected chi connectivity index (χ0v) is 29.4. The number of carboxylic acids is 1. The predicted molar refractivity (Wildman–Crippen MR) is 195 cm³/mol. The smallest absolute Gasteiger partial charge is 0.483 e. The molecule has 56 heavy (non-hydrogen) atoms. The Morgan fingerprint density at radius 2 is 1.50 bits per heavy atom. The van der Waals surface area contributed by atoms with Crippen LogP contribution in [0.15, 0.2) is 83.8 Å². The van der Waals surface area contributed by atoms with E-state index in [0.29, 0.717) is 33.9 Å². The third kappa shape index (κ3) is 17.6. The van der Waals surface area contributed by atoms with Crippen molar-refractivity contribution in [3.63, 3.8) is 0 Å². The van der Waals surface area contributed by atoms with Crippen LogP contribution in [0.2, 0.25) is 0 Å². The van der Waals surface area contributed by atoms with Crippen LogP contribution >= 0.6 is 0 Å². The first-order valence-electron chi connectivity index (χ1n) is 15.6. The number of aliphatic carboxylic acids is 1. The van der Waals surface area contributed by atoms with Gasteiger partial charge in [0, 0.05) is 40.8 Å². The van der Waals surface area contributed by atoms with E-state index in [0.717, 1.165) is 5.56 Å². The van der Waals surface area contributed by atoms with E-state index in [9.17, 15) is 40.7 Å². The van der Waals surface area contributed by atoms with E-state index >= 15 is 0 Å². The number of nitrogens with one attached hydrogen (secondary N) is 5. The molecule has 302 valence electrons. The molecule has 3 aromatic carbocycles. The monoisotopic (exact) mass is 797 g/mol. The van der Waals surface area contributed by atoms with E-state index in [-0.39, 0.29) is 37.3 Å². The third-order valence-corrected chi connectivity index (χ3v) is 6.32. The van der Waals surface area contributed by atoms with Crippen molar-refractivity contribution in [1.29, 1.82) is 5.41 Å². The maximum atomic E-state index is 13.5. The van der Waals surface area contributed by atoms with Gasteiger partial charge in [0.25, 0.3) is 12.0 Å². The molecule has 0 aliphatic carbocycles. The minimum Gasteiger partial charge on any atom is -0.483 e. The number of anilines is 4. The number of halogens is 6. The largest absolute Gasteiger partial charge is 0.490 e. The second-order valence-electron chi connectivity index (χ2n) is 11.0. The summed E-state index contributed by atoms with van der Waals surface area (Å²) < 4.78 is 62.1. The summed E-state index contributed by atoms with van der Waals surface area (Å²) in [5.41, 5.74) is 14.7. The highest BCUT2D eigenvalue weighted by Crippen LogP contribution is 2.26. The van der Waals surface area contributed by atoms with Crippen molar-refractivity contribution < 1.29 is 55.7 Å². The average Bonchev–Trinajstić information content (AvgIpc) is 3.09. The molecule has 0 bridgehead atoms. The lowest BCUT2D eigenvalue weighted by Crippen LogP contribution is -2.35. The third-order valence-electron chi connectivity index (χ3n) is 6.32. The number of carboxylic acid groups (broad SMARTS) is 2. The molecule has 3 amide bonds. The van der Waals surface area contributed by atoms with Crippen LogP contribution in [-0.4, -0.2) is 68.9 Å². The van der Waals surface area contributed by atoms with E-state index < -0.39 is 36.3 Å². The summed E-state index contributed by atoms with van der Waals surface area (Å²) in [6, 6.07) is 20.2. The van der Waals surface area contributed by atoms with Crippen LogP contribution in [0.1, 0.15) is 25.0 Å². The van der Waals surface area contributed by atoms with Gasteiger partial charge in [-0.3, -0.25) is 24.4 Å². The molecule has 0 spiro atoms. The van der Waals surface area contributed by atoms with Crippen molar-refractivity contribution in [3.8, 4) is 11.3 Å². The van der Waals surface area contributed by atoms with Gasteiger partial charge in [-0.2, -0.15) is 26.3 Å². The number of rotatable bonds is 10. The van der Waals surface area contributed by atoms with Crippen molar-refractivity contribution in [3.05, 3.63) is 100 Å². The standard InChI is InChI=1S/C30H33N9O3.C2HF3O2.CHF3.CH2O2/c1-18(2)36-28-29(41)39(17-26(40)34-15-19-8-10-20(11-9-19)27(32)33)25(16-35-28)21-12-22(31)14-24(13-21)38-30(42)37-23-6-4-3-5-7-23;3-2(4,5)1(6)7;2-1(3)4;2-1-3/h3-14,16,18H,15,17,31H2,1-2H3,(H3,32,33)(H,34,40)(H,35,36)(H2,37,38,42);(H,6,7);1H;1H,(H,2,3). The molecule has 0 saturated heterocycles. The number of alkyl halides is 6. The Bertz CT molecular complexity index is 1980. The fourth-order valence-electron chi connectivity index (χ4n) is 4.14. The van der Waals surface area contributed by atoms with E-state index in [2.05, 4.69) is 26.3 Å². The number of nitrogens with two attached hydrogens (primary N) is 2. The quantitative estimate of drug-likeness (QED) is 0.0336. The van der Waals surface area contributed by atoms with Crippen LogP contribution in [-0.2, 0) is 27.5 Å². The minimum atomic E-state index is -5.08. The second-order valence-corrected chi connectivity index (χ2v) is 11.0. The summed E-state index contributed by atoms with van der Waals surface area (Å²) >= 11 is 0. The Labute approximate surface area is 314 Å². The molecule has 0 aliphatic heterocycles. The van der Waals surface area contributed by atoms with Crippen molar-refractivity contribution >= 4 is 53.1 Å². The Hall–Kier alpha value is -7.13. The summed E-state index contributed by atoms with van der Waals surface area (Å²) in [6.07, 6.45) is -3.59. The number of carbonyl (C=O) groups excluding carboxylic acids is 2. The number of benzene rings is 3. The number of amidine groups is 1. The van der Waals surface area contributed by atoms with Crippen LogP contribution in [0.5, 0.6) is 0 Å². The molecule has 1 aromatic heterocycles. The number of urea groups is 1. The van der Waals surface area contributed by atoms with E-state index in [1.807, 2.05) is 19.9 Å². The fourth-order valence-corrected chi connectivity index (χ4v) is 4.14. The van der Waals surface area contributed by atoms with Crippen molar-refractivity contribution in [2.75, 3.05) is 21.7 Å². The summed E-state index contributed by atoms with van der Waals surface area (Å²) in [6.45, 7) is -0.243. The lowest BCUT2D eigenvalue weighted by molar-refractivity contribution is -0.192. The number of hydrogen-bond acceptors (Lipinski definition) is 9. The van der Waals surface area contributed by atoms with Crippen LogP contribution in [0.3, 0.4) is 0 Å². The fraction of sp³-hybridized carbons (Fsp3) is 0.206. The first kappa shape index (κ1) is 46.9. The lowest BCUT2D eigenvalue weighted by Gasteiger charge is -2.17. The lowest BCUT2D eigenvalue weighted by atomic mass is 10.1. The molecule has 0 saturated carbocycles. The highest BCUT2D eigenvalue weighted by atomic mass is 19.4. The topological polar surface area (TPSA) is 268 Å². The number of hydrogen-bond donors (Lipinski definition) is 9. The zero-order valence-electron chi connectivity index (χ0n) is 29.4. The SMILES string of the molecule is CC(C)Nc1ncc(-c2cc(N)cc(NC(=O)Nc3ccccc3)c2)n(CC(=O)NCc2ccc(C(=N)N)cc2)c1=O.FC(F)F.O=C(O)C(F)(F)F.O=CO. The number of aromatic nitrogens is 2. The van der Waals surface area contributed by atoms with Crippen molar-refractivity contribution in [1.82, 2.24) is 14.9 Å². The minimum absolute atomic E-state index is 0.0438. The Morgan fingerprint density at radius 1 is 0.964 bits per heavy atom. The van der Waals surface area contributed by atoms with Crippen LogP contribution in [0.4, 0.5) is 54.0 Å². The Balaban J connectivity index is 0.000000961. The highest BCUT2D eigenvalue weighted by Gasteiger charge is 2.38. The van der Waals surface area contributed by atoms with Crippen LogP contribution < -0.4 is 38.3 Å². The van der Waals surface area contributed by atoms with E-state index in [1.165, 1.54) is 10.8 Å². The van der Waals surface area contributed by atoms with Gasteiger partial charge in [-0.1, -0.05) is 42.5 Å². The number of carbonyl (C=O) groups is 4. The zero-order chi connectivity index (χ0) is 42.6. The molecule has 1 heterocycles. The van der Waals surface area contributed by atoms with Gasteiger partial charge < -0.3 is 42.9 Å². The maximum absolute atomic E-state index is 13.5. The molecule has 4 rings (SSSR count).